The van der Waals surface area contributed by atoms with E-state index in [-0.39, 0.29) is 18.6 Å². The van der Waals surface area contributed by atoms with Crippen molar-refractivity contribution in [1.82, 2.24) is 14.9 Å². The first-order chi connectivity index (χ1) is 10.2. The van der Waals surface area contributed by atoms with Crippen LogP contribution in [0.5, 0.6) is 0 Å². The second kappa shape index (κ2) is 5.91. The molecule has 1 aliphatic rings. The first-order valence-corrected chi connectivity index (χ1v) is 7.83. The summed E-state index contributed by atoms with van der Waals surface area (Å²) in [6.45, 7) is 2.58. The van der Waals surface area contributed by atoms with Gasteiger partial charge in [-0.1, -0.05) is 6.07 Å². The quantitative estimate of drug-likeness (QED) is 0.943. The number of hydrogen-bond acceptors (Lipinski definition) is 5. The molecule has 0 unspecified atom stereocenters. The number of nitrogens with zero attached hydrogens (tertiary/aromatic N) is 3. The number of hydrogen-bond donors (Lipinski definition) is 1. The van der Waals surface area contributed by atoms with Crippen molar-refractivity contribution in [2.45, 2.75) is 25.8 Å². The first-order valence-electron chi connectivity index (χ1n) is 7.01. The first kappa shape index (κ1) is 14.2. The third kappa shape index (κ3) is 2.69. The molecule has 0 bridgehead atoms. The summed E-state index contributed by atoms with van der Waals surface area (Å²) in [4.78, 5) is 23.8. The molecular weight excluding hydrogens is 286 g/mol. The van der Waals surface area contributed by atoms with Gasteiger partial charge in [0, 0.05) is 12.7 Å². The Morgan fingerprint density at radius 3 is 3.10 bits per heavy atom. The summed E-state index contributed by atoms with van der Waals surface area (Å²) in [5.41, 5.74) is 1.51. The molecule has 1 N–H and O–H groups in total. The molecule has 2 aromatic rings. The molecule has 1 saturated heterocycles. The molecule has 0 aliphatic carbocycles. The lowest BCUT2D eigenvalue weighted by Crippen LogP contribution is -2.37. The number of aliphatic hydroxyl groups is 1. The predicted octanol–water partition coefficient (Wildman–Crippen LogP) is 2.11. The lowest BCUT2D eigenvalue weighted by atomic mass is 10.2. The van der Waals surface area contributed by atoms with Gasteiger partial charge in [-0.25, -0.2) is 4.98 Å². The van der Waals surface area contributed by atoms with E-state index < -0.39 is 0 Å². The minimum Gasteiger partial charge on any atom is -0.394 e. The van der Waals surface area contributed by atoms with Crippen molar-refractivity contribution in [1.29, 1.82) is 0 Å². The van der Waals surface area contributed by atoms with Gasteiger partial charge in [0.25, 0.3) is 5.91 Å². The molecule has 2 aromatic heterocycles. The van der Waals surface area contributed by atoms with Crippen molar-refractivity contribution in [3.63, 3.8) is 0 Å². The van der Waals surface area contributed by atoms with Crippen LogP contribution in [0.3, 0.4) is 0 Å². The Morgan fingerprint density at radius 1 is 1.52 bits per heavy atom. The van der Waals surface area contributed by atoms with Gasteiger partial charge in [-0.2, -0.15) is 0 Å². The van der Waals surface area contributed by atoms with Crippen molar-refractivity contribution < 1.29 is 9.90 Å². The normalized spacial score (nSPS) is 18.2. The maximum Gasteiger partial charge on any atom is 0.266 e. The van der Waals surface area contributed by atoms with E-state index in [2.05, 4.69) is 9.97 Å². The second-order valence-electron chi connectivity index (χ2n) is 5.13. The largest absolute Gasteiger partial charge is 0.394 e. The van der Waals surface area contributed by atoms with Gasteiger partial charge in [-0.05, 0) is 31.9 Å². The highest BCUT2D eigenvalue weighted by molar-refractivity contribution is 7.17. The number of carbonyl (C=O) groups excluding carboxylic acids is 1. The number of rotatable bonds is 3. The van der Waals surface area contributed by atoms with Crippen LogP contribution in [-0.2, 0) is 0 Å². The number of likely N-dealkylation sites (tertiary alicyclic amines) is 1. The van der Waals surface area contributed by atoms with Gasteiger partial charge in [-0.3, -0.25) is 9.78 Å². The zero-order valence-corrected chi connectivity index (χ0v) is 12.6. The lowest BCUT2D eigenvalue weighted by molar-refractivity contribution is 0.0681. The highest BCUT2D eigenvalue weighted by Crippen LogP contribution is 2.29. The Morgan fingerprint density at radius 2 is 2.38 bits per heavy atom. The fourth-order valence-electron chi connectivity index (χ4n) is 2.62. The van der Waals surface area contributed by atoms with Crippen LogP contribution in [0.25, 0.3) is 10.7 Å². The monoisotopic (exact) mass is 303 g/mol. The van der Waals surface area contributed by atoms with Gasteiger partial charge < -0.3 is 10.0 Å². The van der Waals surface area contributed by atoms with Gasteiger partial charge in [0.05, 0.1) is 24.0 Å². The maximum atomic E-state index is 12.6. The molecule has 0 radical (unpaired) electrons. The zero-order chi connectivity index (χ0) is 14.8. The minimum atomic E-state index is -0.0581. The summed E-state index contributed by atoms with van der Waals surface area (Å²) in [5, 5.41) is 10.1. The average molecular weight is 303 g/mol. The fraction of sp³-hybridized carbons (Fsp3) is 0.400. The molecular formula is C15H17N3O2S. The summed E-state index contributed by atoms with van der Waals surface area (Å²) in [7, 11) is 0. The van der Waals surface area contributed by atoms with E-state index in [9.17, 15) is 9.90 Å². The Bertz CT molecular complexity index is 642. The summed E-state index contributed by atoms with van der Waals surface area (Å²) >= 11 is 1.37. The van der Waals surface area contributed by atoms with E-state index in [1.165, 1.54) is 11.3 Å². The van der Waals surface area contributed by atoms with Crippen molar-refractivity contribution in [3.05, 3.63) is 35.0 Å². The SMILES string of the molecule is Cc1nc(-c2ccccn2)sc1C(=O)N1CCC[C@@H]1CO. The number of thiazole rings is 1. The topological polar surface area (TPSA) is 66.3 Å². The molecule has 1 fully saturated rings. The summed E-state index contributed by atoms with van der Waals surface area (Å²) in [6, 6.07) is 5.59. The van der Waals surface area contributed by atoms with Gasteiger partial charge >= 0.3 is 0 Å². The van der Waals surface area contributed by atoms with E-state index in [1.807, 2.05) is 25.1 Å². The van der Waals surface area contributed by atoms with Crippen LogP contribution in [0.15, 0.2) is 24.4 Å². The Labute approximate surface area is 127 Å². The fourth-order valence-corrected chi connectivity index (χ4v) is 3.62. The summed E-state index contributed by atoms with van der Waals surface area (Å²) in [6.07, 6.45) is 3.53. The maximum absolute atomic E-state index is 12.6. The molecule has 1 atom stereocenters. The number of aliphatic hydroxyl groups excluding tert-OH is 1. The molecule has 3 heterocycles. The summed E-state index contributed by atoms with van der Waals surface area (Å²) < 4.78 is 0. The lowest BCUT2D eigenvalue weighted by Gasteiger charge is -2.22. The molecule has 110 valence electrons. The molecule has 0 spiro atoms. The molecule has 3 rings (SSSR count). The number of aryl methyl sites for hydroxylation is 1. The predicted molar refractivity (Wildman–Crippen MR) is 81.2 cm³/mol. The molecule has 1 amide bonds. The van der Waals surface area contributed by atoms with E-state index in [1.54, 1.807) is 11.1 Å². The second-order valence-corrected chi connectivity index (χ2v) is 6.12. The van der Waals surface area contributed by atoms with Crippen LogP contribution in [0.1, 0.15) is 28.2 Å². The van der Waals surface area contributed by atoms with Crippen LogP contribution in [-0.4, -0.2) is 45.1 Å². The zero-order valence-electron chi connectivity index (χ0n) is 11.8. The molecule has 6 heteroatoms. The highest BCUT2D eigenvalue weighted by atomic mass is 32.1. The number of carbonyl (C=O) groups is 1. The molecule has 21 heavy (non-hydrogen) atoms. The molecule has 0 aromatic carbocycles. The minimum absolute atomic E-state index is 0.0243. The third-order valence-corrected chi connectivity index (χ3v) is 4.89. The Kier molecular flexibility index (Phi) is 3.98. The number of amides is 1. The van der Waals surface area contributed by atoms with Crippen LogP contribution in [0.2, 0.25) is 0 Å². The van der Waals surface area contributed by atoms with Gasteiger partial charge in [-0.15, -0.1) is 11.3 Å². The van der Waals surface area contributed by atoms with Crippen LogP contribution in [0.4, 0.5) is 0 Å². The van der Waals surface area contributed by atoms with Gasteiger partial charge in [0.15, 0.2) is 0 Å². The number of aromatic nitrogens is 2. The smallest absolute Gasteiger partial charge is 0.266 e. The number of pyridine rings is 1. The average Bonchev–Trinajstić information content (AvgIpc) is 3.13. The van der Waals surface area contributed by atoms with Crippen LogP contribution < -0.4 is 0 Å². The third-order valence-electron chi connectivity index (χ3n) is 3.72. The van der Waals surface area contributed by atoms with Crippen molar-refractivity contribution >= 4 is 17.2 Å². The summed E-state index contributed by atoms with van der Waals surface area (Å²) in [5.74, 6) is -0.0243. The van der Waals surface area contributed by atoms with E-state index in [0.29, 0.717) is 11.4 Å². The standard InChI is InChI=1S/C15H17N3O2S/c1-10-13(15(20)18-8-4-5-11(18)9-19)21-14(17-10)12-6-2-3-7-16-12/h2-3,6-7,11,19H,4-5,8-9H2,1H3/t11-/m1/s1. The van der Waals surface area contributed by atoms with Gasteiger partial charge in [0.2, 0.25) is 0 Å². The Balaban J connectivity index is 1.89. The molecule has 0 saturated carbocycles. The molecule has 5 nitrogen and oxygen atoms in total. The Hall–Kier alpha value is -1.79. The van der Waals surface area contributed by atoms with Crippen LogP contribution in [0, 0.1) is 6.92 Å². The van der Waals surface area contributed by atoms with E-state index in [0.717, 1.165) is 29.2 Å². The van der Waals surface area contributed by atoms with Crippen molar-refractivity contribution in [2.24, 2.45) is 0 Å². The van der Waals surface area contributed by atoms with E-state index >= 15 is 0 Å². The highest BCUT2D eigenvalue weighted by Gasteiger charge is 2.31. The van der Waals surface area contributed by atoms with Crippen molar-refractivity contribution in [3.8, 4) is 10.7 Å². The molecule has 1 aliphatic heterocycles. The van der Waals surface area contributed by atoms with E-state index in [4.69, 9.17) is 0 Å². The van der Waals surface area contributed by atoms with Gasteiger partial charge in [0.1, 0.15) is 9.88 Å². The van der Waals surface area contributed by atoms with Crippen molar-refractivity contribution in [2.75, 3.05) is 13.2 Å². The van der Waals surface area contributed by atoms with Crippen LogP contribution >= 0.6 is 11.3 Å².